The number of allylic oxidation sites excluding steroid dienone is 1. The van der Waals surface area contributed by atoms with Crippen molar-refractivity contribution in [1.29, 1.82) is 0 Å². The Morgan fingerprint density at radius 2 is 1.25 bits per heavy atom. The summed E-state index contributed by atoms with van der Waals surface area (Å²) in [7, 11) is 3.12. The first kappa shape index (κ1) is 17.7. The summed E-state index contributed by atoms with van der Waals surface area (Å²) in [4.78, 5) is 23.2. The lowest BCUT2D eigenvalue weighted by Gasteiger charge is -2.24. The highest BCUT2D eigenvalue weighted by Crippen LogP contribution is 2.32. The molecule has 9 heteroatoms. The number of ether oxygens (including phenoxy) is 2. The Kier molecular flexibility index (Phi) is 4.27. The van der Waals surface area contributed by atoms with Gasteiger partial charge in [-0.2, -0.15) is 0 Å². The molecule has 2 heterocycles. The lowest BCUT2D eigenvalue weighted by molar-refractivity contribution is -0.211. The van der Waals surface area contributed by atoms with Crippen LogP contribution in [-0.4, -0.2) is 38.9 Å². The van der Waals surface area contributed by atoms with Crippen LogP contribution >= 0.6 is 0 Å². The van der Waals surface area contributed by atoms with E-state index in [1.54, 1.807) is 68.8 Å². The molecule has 28 heavy (non-hydrogen) atoms. The van der Waals surface area contributed by atoms with Crippen molar-refractivity contribution in [2.24, 2.45) is 0 Å². The second kappa shape index (κ2) is 6.77. The molecule has 0 N–H and O–H groups in total. The Balaban J connectivity index is 1.77. The summed E-state index contributed by atoms with van der Waals surface area (Å²) in [5.41, 5.74) is 1.30. The second-order valence-corrected chi connectivity index (χ2v) is 5.95. The molecule has 1 fully saturated rings. The molecule has 0 amide bonds. The molecule has 2 aliphatic rings. The molecular formula is C19H15BO8. The van der Waals surface area contributed by atoms with Crippen LogP contribution < -0.4 is 9.47 Å². The van der Waals surface area contributed by atoms with Crippen molar-refractivity contribution in [3.63, 3.8) is 0 Å². The van der Waals surface area contributed by atoms with Gasteiger partial charge in [-0.25, -0.2) is 9.59 Å². The lowest BCUT2D eigenvalue weighted by atomic mass is 9.99. The summed E-state index contributed by atoms with van der Waals surface area (Å²) in [5.74, 6) is -0.413. The Hall–Kier alpha value is -3.75. The van der Waals surface area contributed by atoms with Crippen molar-refractivity contribution in [3.8, 4) is 11.5 Å². The maximum Gasteiger partial charge on any atom is 1.04 e. The van der Waals surface area contributed by atoms with Crippen LogP contribution in [0.15, 0.2) is 54.6 Å². The van der Waals surface area contributed by atoms with Gasteiger partial charge in [-0.15, -0.1) is 0 Å². The monoisotopic (exact) mass is 382 g/mol. The van der Waals surface area contributed by atoms with E-state index in [0.717, 1.165) is 0 Å². The Bertz CT molecular complexity index is 976. The normalized spacial score (nSPS) is 17.2. The molecule has 2 aromatic carbocycles. The average Bonchev–Trinajstić information content (AvgIpc) is 3.00. The van der Waals surface area contributed by atoms with Crippen LogP contribution in [0.25, 0.3) is 5.76 Å². The number of methoxy groups -OCH3 is 2. The van der Waals surface area contributed by atoms with Gasteiger partial charge in [0.05, 0.1) is 31.6 Å². The van der Waals surface area contributed by atoms with Gasteiger partial charge in [0.1, 0.15) is 11.5 Å². The fourth-order valence-corrected chi connectivity index (χ4v) is 2.81. The van der Waals surface area contributed by atoms with E-state index < -0.39 is 18.9 Å². The smallest absolute Gasteiger partial charge is 0.550 e. The summed E-state index contributed by atoms with van der Waals surface area (Å²) in [6.45, 7) is -3.09. The number of hydrogen-bond donors (Lipinski definition) is 0. The standard InChI is InChI=1S/C19H15BO8/c1-23-14-7-3-12(4-8-14)16-11-17(13-5-9-15(24-2)10-6-13)26-20(25-16)27-18(21)19(22)28-20/h3-11H,1-2H3. The Labute approximate surface area is 160 Å². The number of hydrogen-bond acceptors (Lipinski definition) is 7. The van der Waals surface area contributed by atoms with Gasteiger partial charge < -0.3 is 27.8 Å². The zero-order chi connectivity index (χ0) is 19.7. The van der Waals surface area contributed by atoms with Crippen molar-refractivity contribution >= 4 is 30.4 Å². The van der Waals surface area contributed by atoms with E-state index in [-0.39, 0.29) is 0 Å². The number of carbonyl (C=O) groups excluding carboxylic acids is 3. The highest BCUT2D eigenvalue weighted by atomic mass is 16.9. The van der Waals surface area contributed by atoms with E-state index in [1.807, 2.05) is 0 Å². The van der Waals surface area contributed by atoms with Crippen LogP contribution in [0, 0.1) is 0 Å². The maximum absolute atomic E-state index is 11.6. The Morgan fingerprint density at radius 3 is 1.75 bits per heavy atom. The first-order chi connectivity index (χ1) is 13.5. The van der Waals surface area contributed by atoms with Crippen LogP contribution in [-0.2, 0) is 23.6 Å². The van der Waals surface area contributed by atoms with E-state index in [9.17, 15) is 9.59 Å². The molecule has 8 nitrogen and oxygen atoms in total. The van der Waals surface area contributed by atoms with Crippen molar-refractivity contribution in [1.82, 2.24) is 0 Å². The topological polar surface area (TPSA) is 91.6 Å². The highest BCUT2D eigenvalue weighted by Gasteiger charge is 2.68. The molecule has 0 aromatic heterocycles. The van der Waals surface area contributed by atoms with Gasteiger partial charge in [0.25, 0.3) is 5.78 Å². The number of carbonyl (C=O) groups is 2. The van der Waals surface area contributed by atoms with E-state index >= 15 is 0 Å². The van der Waals surface area contributed by atoms with Crippen molar-refractivity contribution in [2.45, 2.75) is 0 Å². The van der Waals surface area contributed by atoms with Gasteiger partial charge in [-0.05, 0) is 48.5 Å². The van der Waals surface area contributed by atoms with Crippen molar-refractivity contribution in [2.75, 3.05) is 14.2 Å². The third-order valence-corrected chi connectivity index (χ3v) is 4.22. The molecule has 4 rings (SSSR count). The van der Waals surface area contributed by atoms with Crippen LogP contribution in [0.1, 0.15) is 15.5 Å². The van der Waals surface area contributed by atoms with Gasteiger partial charge in [-0.3, -0.25) is 0 Å². The lowest BCUT2D eigenvalue weighted by Crippen LogP contribution is -2.43. The summed E-state index contributed by atoms with van der Waals surface area (Å²) in [6, 6.07) is 14.0. The summed E-state index contributed by atoms with van der Waals surface area (Å²) < 4.78 is 31.6. The SMILES string of the molecule is COc1ccc(C2=CC(c3ccc(OC)cc3)=[O+][B-]3(OC(=O)C(=O)O3)O2)cc1. The van der Waals surface area contributed by atoms with Gasteiger partial charge >= 0.3 is 18.9 Å². The van der Waals surface area contributed by atoms with Gasteiger partial charge in [-0.1, -0.05) is 0 Å². The molecule has 1 saturated heterocycles. The molecule has 0 unspecified atom stereocenters. The molecule has 0 saturated carbocycles. The van der Waals surface area contributed by atoms with Crippen molar-refractivity contribution in [3.05, 3.63) is 65.7 Å². The summed E-state index contributed by atoms with van der Waals surface area (Å²) >= 11 is 0. The molecule has 2 aliphatic heterocycles. The van der Waals surface area contributed by atoms with Crippen LogP contribution in [0.3, 0.4) is 0 Å². The molecule has 0 bridgehead atoms. The summed E-state index contributed by atoms with van der Waals surface area (Å²) in [5, 5.41) is 0. The van der Waals surface area contributed by atoms with E-state index in [0.29, 0.717) is 34.2 Å². The van der Waals surface area contributed by atoms with Gasteiger partial charge in [0.2, 0.25) is 0 Å². The van der Waals surface area contributed by atoms with Gasteiger partial charge in [0.15, 0.2) is 0 Å². The van der Waals surface area contributed by atoms with Crippen LogP contribution in [0.5, 0.6) is 11.5 Å². The molecular weight excluding hydrogens is 367 g/mol. The zero-order valence-corrected chi connectivity index (χ0v) is 15.0. The van der Waals surface area contributed by atoms with E-state index in [1.165, 1.54) is 0 Å². The minimum Gasteiger partial charge on any atom is -0.550 e. The first-order valence-corrected chi connectivity index (χ1v) is 8.36. The second-order valence-electron chi connectivity index (χ2n) is 5.95. The Morgan fingerprint density at radius 1 is 0.750 bits per heavy atom. The molecule has 0 atom stereocenters. The number of rotatable bonds is 4. The fraction of sp³-hybridized carbons (Fsp3) is 0.105. The number of benzene rings is 2. The maximum atomic E-state index is 11.6. The van der Waals surface area contributed by atoms with Gasteiger partial charge in [0, 0.05) is 5.56 Å². The number of ketones is 1. The molecule has 2 aromatic rings. The minimum absolute atomic E-state index is 0.308. The first-order valence-electron chi connectivity index (χ1n) is 8.36. The summed E-state index contributed by atoms with van der Waals surface area (Å²) in [6.07, 6.45) is 1.62. The van der Waals surface area contributed by atoms with Crippen LogP contribution in [0.4, 0.5) is 0 Å². The minimum atomic E-state index is -3.09. The predicted molar refractivity (Wildman–Crippen MR) is 97.3 cm³/mol. The predicted octanol–water partition coefficient (Wildman–Crippen LogP) is 2.03. The highest BCUT2D eigenvalue weighted by molar-refractivity contribution is 6.66. The van der Waals surface area contributed by atoms with E-state index in [2.05, 4.69) is 0 Å². The van der Waals surface area contributed by atoms with Crippen molar-refractivity contribution < 1.29 is 37.4 Å². The zero-order valence-electron chi connectivity index (χ0n) is 15.0. The largest absolute Gasteiger partial charge is 1.04 e. The quantitative estimate of drug-likeness (QED) is 0.454. The molecule has 1 spiro atoms. The third kappa shape index (κ3) is 3.18. The average molecular weight is 382 g/mol. The third-order valence-electron chi connectivity index (χ3n) is 4.22. The van der Waals surface area contributed by atoms with E-state index in [4.69, 9.17) is 27.8 Å². The van der Waals surface area contributed by atoms with Crippen LogP contribution in [0.2, 0.25) is 0 Å². The fourth-order valence-electron chi connectivity index (χ4n) is 2.81. The molecule has 0 radical (unpaired) electrons. The molecule has 142 valence electrons. The molecule has 0 aliphatic carbocycles.